The molecule has 1 aliphatic carbocycles. The van der Waals surface area contributed by atoms with Gasteiger partial charge in [-0.2, -0.15) is 5.21 Å². The van der Waals surface area contributed by atoms with Gasteiger partial charge in [-0.05, 0) is 54.7 Å². The van der Waals surface area contributed by atoms with Crippen molar-refractivity contribution in [3.8, 4) is 0 Å². The van der Waals surface area contributed by atoms with Crippen molar-refractivity contribution in [3.05, 3.63) is 75.0 Å². The highest BCUT2D eigenvalue weighted by atomic mass is 35.5. The molecular weight excluding hydrogens is 525 g/mol. The van der Waals surface area contributed by atoms with Crippen molar-refractivity contribution >= 4 is 40.7 Å². The summed E-state index contributed by atoms with van der Waals surface area (Å²) in [5.74, 6) is 0.606. The van der Waals surface area contributed by atoms with Crippen molar-refractivity contribution in [2.24, 2.45) is 10.9 Å². The van der Waals surface area contributed by atoms with Crippen molar-refractivity contribution in [1.29, 1.82) is 0 Å². The Kier molecular flexibility index (Phi) is 9.47. The summed E-state index contributed by atoms with van der Waals surface area (Å²) in [6.07, 6.45) is 6.82. The van der Waals surface area contributed by atoms with Crippen molar-refractivity contribution in [2.75, 3.05) is 14.1 Å². The molecule has 1 aromatic heterocycles. The number of carbonyl (C=O) groups excluding carboxylic acids is 2. The molecule has 2 aromatic carbocycles. The van der Waals surface area contributed by atoms with Gasteiger partial charge in [0.15, 0.2) is 5.82 Å². The van der Waals surface area contributed by atoms with E-state index >= 15 is 0 Å². The van der Waals surface area contributed by atoms with E-state index in [9.17, 15) is 9.59 Å². The molecule has 0 radical (unpaired) electrons. The second-order valence-corrected chi connectivity index (χ2v) is 10.4. The fraction of sp³-hybridized carbons (Fsp3) is 0.407. The monoisotopic (exact) mass is 555 g/mol. The number of aliphatic imine (C=N–C) groups is 1. The SMILES string of the molecule is CN=C(C(=O)N(C)[C@H](CCC1CCCC1)c1ccc(C(=O)NCc2nn[nH]n2)cc1)c1cc(Cl)cc(Cl)c1. The van der Waals surface area contributed by atoms with Gasteiger partial charge in [0.25, 0.3) is 11.8 Å². The van der Waals surface area contributed by atoms with Gasteiger partial charge in [0.05, 0.1) is 12.6 Å². The van der Waals surface area contributed by atoms with E-state index < -0.39 is 0 Å². The molecule has 2 N–H and O–H groups in total. The van der Waals surface area contributed by atoms with Crippen LogP contribution in [0.5, 0.6) is 0 Å². The van der Waals surface area contributed by atoms with Crippen molar-refractivity contribution in [2.45, 2.75) is 51.1 Å². The number of halogens is 2. The molecule has 9 nitrogen and oxygen atoms in total. The molecule has 1 atom stereocenters. The Bertz CT molecular complexity index is 1250. The predicted molar refractivity (Wildman–Crippen MR) is 147 cm³/mol. The van der Waals surface area contributed by atoms with Gasteiger partial charge in [-0.25, -0.2) is 0 Å². The number of aromatic nitrogens is 4. The highest BCUT2D eigenvalue weighted by Crippen LogP contribution is 2.34. The average molecular weight is 556 g/mol. The van der Waals surface area contributed by atoms with Crippen LogP contribution in [0.1, 0.15) is 71.9 Å². The maximum absolute atomic E-state index is 13.7. The summed E-state index contributed by atoms with van der Waals surface area (Å²) in [6.45, 7) is 0.172. The first-order chi connectivity index (χ1) is 18.4. The minimum Gasteiger partial charge on any atom is -0.345 e. The number of H-pyrrole nitrogens is 1. The highest BCUT2D eigenvalue weighted by molar-refractivity contribution is 6.46. The Labute approximate surface area is 232 Å². The molecule has 1 heterocycles. The van der Waals surface area contributed by atoms with Crippen molar-refractivity contribution < 1.29 is 9.59 Å². The van der Waals surface area contributed by atoms with Crippen LogP contribution in [0.15, 0.2) is 47.5 Å². The van der Waals surface area contributed by atoms with Gasteiger partial charge in [-0.15, -0.1) is 10.2 Å². The molecule has 1 fully saturated rings. The molecule has 0 aliphatic heterocycles. The third kappa shape index (κ3) is 6.96. The summed E-state index contributed by atoms with van der Waals surface area (Å²) in [7, 11) is 3.38. The highest BCUT2D eigenvalue weighted by Gasteiger charge is 2.28. The minimum absolute atomic E-state index is 0.172. The fourth-order valence-corrected chi connectivity index (χ4v) is 5.53. The third-order valence-corrected chi connectivity index (χ3v) is 7.46. The Morgan fingerprint density at radius 2 is 1.79 bits per heavy atom. The number of carbonyl (C=O) groups is 2. The number of nitrogens with one attached hydrogen (secondary N) is 2. The number of benzene rings is 2. The normalized spacial score (nSPS) is 14.9. The molecule has 4 rings (SSSR count). The van der Waals surface area contributed by atoms with Gasteiger partial charge in [-0.1, -0.05) is 66.2 Å². The van der Waals surface area contributed by atoms with Gasteiger partial charge in [0, 0.05) is 35.3 Å². The lowest BCUT2D eigenvalue weighted by Gasteiger charge is -2.30. The number of nitrogens with zero attached hydrogens (tertiary/aromatic N) is 5. The van der Waals surface area contributed by atoms with Crippen LogP contribution in [0, 0.1) is 5.92 Å². The van der Waals surface area contributed by atoms with Gasteiger partial charge in [0.1, 0.15) is 5.71 Å². The Morgan fingerprint density at radius 3 is 2.39 bits per heavy atom. The van der Waals surface area contributed by atoms with Gasteiger partial charge >= 0.3 is 0 Å². The number of likely N-dealkylation sites (N-methyl/N-ethyl adjacent to an activating group) is 1. The van der Waals surface area contributed by atoms with Gasteiger partial charge < -0.3 is 10.2 Å². The first-order valence-electron chi connectivity index (χ1n) is 12.7. The summed E-state index contributed by atoms with van der Waals surface area (Å²) < 4.78 is 0. The molecule has 38 heavy (non-hydrogen) atoms. The van der Waals surface area contributed by atoms with Crippen LogP contribution in [-0.4, -0.2) is 57.1 Å². The van der Waals surface area contributed by atoms with E-state index in [-0.39, 0.29) is 24.4 Å². The summed E-state index contributed by atoms with van der Waals surface area (Å²) in [6, 6.07) is 12.2. The van der Waals surface area contributed by atoms with E-state index in [0.717, 1.165) is 18.4 Å². The molecule has 2 amide bonds. The van der Waals surface area contributed by atoms with Gasteiger partial charge in [0.2, 0.25) is 0 Å². The van der Waals surface area contributed by atoms with Crippen molar-refractivity contribution in [1.82, 2.24) is 30.8 Å². The maximum Gasteiger partial charge on any atom is 0.272 e. The molecule has 1 aliphatic rings. The molecule has 11 heteroatoms. The average Bonchev–Trinajstić information content (AvgIpc) is 3.62. The quantitative estimate of drug-likeness (QED) is 0.340. The van der Waals surface area contributed by atoms with E-state index in [4.69, 9.17) is 23.2 Å². The lowest BCUT2D eigenvalue weighted by atomic mass is 9.93. The molecule has 0 spiro atoms. The van der Waals surface area contributed by atoms with Crippen LogP contribution in [0.25, 0.3) is 0 Å². The maximum atomic E-state index is 13.7. The number of tetrazole rings is 1. The second kappa shape index (κ2) is 13.0. The number of hydrogen-bond donors (Lipinski definition) is 2. The predicted octanol–water partition coefficient (Wildman–Crippen LogP) is 5.03. The largest absolute Gasteiger partial charge is 0.345 e. The fourth-order valence-electron chi connectivity index (χ4n) is 5.00. The smallest absolute Gasteiger partial charge is 0.272 e. The zero-order chi connectivity index (χ0) is 27.1. The number of aromatic amines is 1. The molecule has 0 unspecified atom stereocenters. The standard InChI is InChI=1S/C27H31Cl2N7O2/c1-30-25(20-13-21(28)15-22(29)14-20)27(38)36(2)23(12-7-17-5-3-4-6-17)18-8-10-19(11-9-18)26(37)31-16-24-32-34-35-33-24/h8-11,13-15,17,23H,3-7,12,16H2,1-2H3,(H,31,37)(H,32,33,34,35)/t23-/m1/s1. The molecule has 200 valence electrons. The van der Waals surface area contributed by atoms with E-state index in [1.807, 2.05) is 12.1 Å². The summed E-state index contributed by atoms with van der Waals surface area (Å²) >= 11 is 12.4. The van der Waals surface area contributed by atoms with E-state index in [0.29, 0.717) is 38.6 Å². The Morgan fingerprint density at radius 1 is 1.11 bits per heavy atom. The number of rotatable bonds is 10. The molecule has 0 bridgehead atoms. The zero-order valence-corrected chi connectivity index (χ0v) is 23.0. The van der Waals surface area contributed by atoms with Crippen LogP contribution in [0.2, 0.25) is 10.0 Å². The summed E-state index contributed by atoms with van der Waals surface area (Å²) in [5, 5.41) is 17.2. The first kappa shape index (κ1) is 27.7. The van der Waals surface area contributed by atoms with Crippen molar-refractivity contribution in [3.63, 3.8) is 0 Å². The lowest BCUT2D eigenvalue weighted by Crippen LogP contribution is -2.37. The zero-order valence-electron chi connectivity index (χ0n) is 21.5. The third-order valence-electron chi connectivity index (χ3n) is 7.03. The topological polar surface area (TPSA) is 116 Å². The van der Waals surface area contributed by atoms with Gasteiger partial charge in [-0.3, -0.25) is 14.6 Å². The summed E-state index contributed by atoms with van der Waals surface area (Å²) in [4.78, 5) is 32.3. The second-order valence-electron chi connectivity index (χ2n) is 9.52. The van der Waals surface area contributed by atoms with Crippen LogP contribution >= 0.6 is 23.2 Å². The van der Waals surface area contributed by atoms with E-state index in [1.165, 1.54) is 25.7 Å². The Hall–Kier alpha value is -3.30. The van der Waals surface area contributed by atoms with Crippen LogP contribution < -0.4 is 5.32 Å². The van der Waals surface area contributed by atoms with Crippen LogP contribution in [-0.2, 0) is 11.3 Å². The number of hydrogen-bond acceptors (Lipinski definition) is 6. The summed E-state index contributed by atoms with van der Waals surface area (Å²) in [5.41, 5.74) is 2.32. The first-order valence-corrected chi connectivity index (χ1v) is 13.4. The molecule has 3 aromatic rings. The molecule has 1 saturated carbocycles. The lowest BCUT2D eigenvalue weighted by molar-refractivity contribution is -0.125. The van der Waals surface area contributed by atoms with Crippen LogP contribution in [0.3, 0.4) is 0 Å². The molecule has 0 saturated heterocycles. The van der Waals surface area contributed by atoms with E-state index in [2.05, 4.69) is 30.9 Å². The number of amides is 2. The minimum atomic E-state index is -0.244. The van der Waals surface area contributed by atoms with Crippen LogP contribution in [0.4, 0.5) is 0 Å². The Balaban J connectivity index is 1.53. The van der Waals surface area contributed by atoms with E-state index in [1.54, 1.807) is 49.3 Å². The molecular formula is C27H31Cl2N7O2.